The molecule has 2 amide bonds. The number of aromatic nitrogens is 4. The van der Waals surface area contributed by atoms with Crippen LogP contribution < -0.4 is 15.4 Å². The number of carbonyl (C=O) groups excluding carboxylic acids is 2. The molecule has 3 heterocycles. The maximum absolute atomic E-state index is 13.2. The van der Waals surface area contributed by atoms with Crippen LogP contribution in [-0.2, 0) is 19.4 Å². The van der Waals surface area contributed by atoms with Crippen molar-refractivity contribution < 1.29 is 27.5 Å². The van der Waals surface area contributed by atoms with E-state index in [0.717, 1.165) is 12.0 Å². The van der Waals surface area contributed by atoms with Gasteiger partial charge in [-0.1, -0.05) is 25.0 Å². The fourth-order valence-electron chi connectivity index (χ4n) is 4.50. The normalized spacial score (nSPS) is 17.0. The Morgan fingerprint density at radius 2 is 1.97 bits per heavy atom. The Kier molecular flexibility index (Phi) is 7.30. The van der Waals surface area contributed by atoms with E-state index in [9.17, 15) is 22.8 Å². The Bertz CT molecular complexity index is 1310. The number of benzene rings is 1. The van der Waals surface area contributed by atoms with Gasteiger partial charge in [-0.3, -0.25) is 9.59 Å². The summed E-state index contributed by atoms with van der Waals surface area (Å²) < 4.78 is 43.9. The molecule has 2 aromatic heterocycles. The van der Waals surface area contributed by atoms with Gasteiger partial charge in [0, 0.05) is 31.4 Å². The van der Waals surface area contributed by atoms with Gasteiger partial charge in [-0.25, -0.2) is 14.6 Å². The van der Waals surface area contributed by atoms with Gasteiger partial charge in [0.05, 0.1) is 11.3 Å². The number of anilines is 1. The lowest BCUT2D eigenvalue weighted by Crippen LogP contribution is -2.41. The quantitative estimate of drug-likeness (QED) is 0.412. The van der Waals surface area contributed by atoms with Gasteiger partial charge in [0.15, 0.2) is 6.61 Å². The number of nitrogens with zero attached hydrogens (tertiary/aromatic N) is 4. The van der Waals surface area contributed by atoms with Crippen LogP contribution in [0.1, 0.15) is 57.7 Å². The molecule has 1 saturated carbocycles. The molecule has 9 nitrogen and oxygen atoms in total. The van der Waals surface area contributed by atoms with Crippen molar-refractivity contribution in [3.05, 3.63) is 65.4 Å². The summed E-state index contributed by atoms with van der Waals surface area (Å²) in [5, 5.41) is 10.5. The summed E-state index contributed by atoms with van der Waals surface area (Å²) in [5.41, 5.74) is 2.03. The number of rotatable bonds is 10. The number of fused-ring (bicyclic) bond motifs is 1. The highest BCUT2D eigenvalue weighted by atomic mass is 19.4. The molecule has 1 fully saturated rings. The van der Waals surface area contributed by atoms with E-state index in [1.54, 1.807) is 16.8 Å². The smallest absolute Gasteiger partial charge is 0.422 e. The maximum Gasteiger partial charge on any atom is 0.422 e. The van der Waals surface area contributed by atoms with Crippen molar-refractivity contribution in [2.24, 2.45) is 5.92 Å². The molecule has 2 N–H and O–H groups in total. The summed E-state index contributed by atoms with van der Waals surface area (Å²) in [6.07, 6.45) is 4.55. The number of alkyl halides is 3. The van der Waals surface area contributed by atoms with Gasteiger partial charge in [0.1, 0.15) is 23.5 Å². The zero-order valence-electron chi connectivity index (χ0n) is 20.5. The molecule has 2 aliphatic rings. The number of ether oxygens (including phenoxy) is 1. The summed E-state index contributed by atoms with van der Waals surface area (Å²) >= 11 is 0. The third-order valence-corrected chi connectivity index (χ3v) is 6.61. The molecule has 3 aromatic rings. The molecule has 0 saturated heterocycles. The number of nitrogens with one attached hydrogen (secondary N) is 2. The van der Waals surface area contributed by atoms with Gasteiger partial charge < -0.3 is 15.4 Å². The van der Waals surface area contributed by atoms with E-state index < -0.39 is 18.7 Å². The van der Waals surface area contributed by atoms with Crippen LogP contribution in [0.25, 0.3) is 0 Å². The van der Waals surface area contributed by atoms with Crippen molar-refractivity contribution in [1.29, 1.82) is 0 Å². The lowest BCUT2D eigenvalue weighted by atomic mass is 9.96. The fraction of sp³-hybridized carbons (Fsp3) is 0.423. The molecule has 0 unspecified atom stereocenters. The Morgan fingerprint density at radius 1 is 1.18 bits per heavy atom. The first-order valence-electron chi connectivity index (χ1n) is 12.5. The number of hydrogen-bond donors (Lipinski definition) is 2. The van der Waals surface area contributed by atoms with E-state index in [0.29, 0.717) is 48.8 Å². The highest BCUT2D eigenvalue weighted by Crippen LogP contribution is 2.34. The van der Waals surface area contributed by atoms with Crippen LogP contribution in [0.15, 0.2) is 43.0 Å². The van der Waals surface area contributed by atoms with Crippen LogP contribution in [0.4, 0.5) is 19.0 Å². The molecular weight excluding hydrogens is 501 g/mol. The van der Waals surface area contributed by atoms with Gasteiger partial charge in [0.2, 0.25) is 0 Å². The van der Waals surface area contributed by atoms with E-state index in [4.69, 9.17) is 9.84 Å². The van der Waals surface area contributed by atoms with Gasteiger partial charge in [-0.05, 0) is 42.9 Å². The van der Waals surface area contributed by atoms with E-state index in [-0.39, 0.29) is 23.3 Å². The minimum Gasteiger partial charge on any atom is -0.484 e. The molecule has 1 aliphatic carbocycles. The molecule has 5 rings (SSSR count). The molecule has 1 aliphatic heterocycles. The maximum atomic E-state index is 13.2. The molecule has 1 atom stereocenters. The fourth-order valence-corrected chi connectivity index (χ4v) is 4.50. The first-order chi connectivity index (χ1) is 18.2. The van der Waals surface area contributed by atoms with Crippen molar-refractivity contribution >= 4 is 17.6 Å². The van der Waals surface area contributed by atoms with Crippen LogP contribution in [0.2, 0.25) is 0 Å². The highest BCUT2D eigenvalue weighted by Gasteiger charge is 2.33. The third kappa shape index (κ3) is 6.48. The van der Waals surface area contributed by atoms with Crippen LogP contribution in [0.3, 0.4) is 0 Å². The summed E-state index contributed by atoms with van der Waals surface area (Å²) in [7, 11) is 0. The predicted octanol–water partition coefficient (Wildman–Crippen LogP) is 3.95. The minimum atomic E-state index is -4.41. The Hall–Kier alpha value is -3.96. The van der Waals surface area contributed by atoms with Crippen LogP contribution in [-0.4, -0.2) is 50.4 Å². The largest absolute Gasteiger partial charge is 0.484 e. The van der Waals surface area contributed by atoms with E-state index >= 15 is 0 Å². The Balaban J connectivity index is 1.28. The molecule has 1 aromatic carbocycles. The summed E-state index contributed by atoms with van der Waals surface area (Å²) in [6.45, 7) is -0.765. The Labute approximate surface area is 216 Å². The van der Waals surface area contributed by atoms with E-state index in [1.165, 1.54) is 37.6 Å². The SMILES string of the molecule is O=C(Nc1c2c(nn1CCC1CC1)C[C@H](CCc1cccc(OCC(F)(F)F)c1)NC2=O)c1cncnc1. The van der Waals surface area contributed by atoms with Gasteiger partial charge in [-0.2, -0.15) is 18.3 Å². The summed E-state index contributed by atoms with van der Waals surface area (Å²) in [6, 6.07) is 6.30. The van der Waals surface area contributed by atoms with Crippen molar-refractivity contribution in [1.82, 2.24) is 25.1 Å². The minimum absolute atomic E-state index is 0.147. The molecule has 12 heteroatoms. The van der Waals surface area contributed by atoms with Gasteiger partial charge in [0.25, 0.3) is 11.8 Å². The van der Waals surface area contributed by atoms with Gasteiger partial charge in [-0.15, -0.1) is 0 Å². The second-order valence-corrected chi connectivity index (χ2v) is 9.67. The number of aryl methyl sites for hydroxylation is 2. The van der Waals surface area contributed by atoms with Crippen molar-refractivity contribution in [2.45, 2.75) is 57.3 Å². The number of amides is 2. The standard InChI is InChI=1S/C26H27F3N6O3/c27-26(28,29)14-38-20-3-1-2-17(10-20)6-7-19-11-21-22(25(37)32-19)23(35(34-21)9-8-16-4-5-16)33-24(36)18-12-30-15-31-13-18/h1-3,10,12-13,15-16,19H,4-9,11,14H2,(H,32,37)(H,33,36)/t19-/m0/s1. The van der Waals surface area contributed by atoms with Gasteiger partial charge >= 0.3 is 6.18 Å². The second-order valence-electron chi connectivity index (χ2n) is 9.67. The number of hydrogen-bond acceptors (Lipinski definition) is 6. The molecule has 0 bridgehead atoms. The average Bonchev–Trinajstić information content (AvgIpc) is 3.66. The number of halogens is 3. The van der Waals surface area contributed by atoms with E-state index in [1.807, 2.05) is 6.07 Å². The molecule has 0 spiro atoms. The van der Waals surface area contributed by atoms with Crippen molar-refractivity contribution in [3.8, 4) is 5.75 Å². The first kappa shape index (κ1) is 25.7. The predicted molar refractivity (Wildman–Crippen MR) is 131 cm³/mol. The highest BCUT2D eigenvalue weighted by molar-refractivity contribution is 6.09. The molecule has 38 heavy (non-hydrogen) atoms. The topological polar surface area (TPSA) is 111 Å². The molecule has 200 valence electrons. The third-order valence-electron chi connectivity index (χ3n) is 6.61. The van der Waals surface area contributed by atoms with Crippen molar-refractivity contribution in [2.75, 3.05) is 11.9 Å². The molecular formula is C26H27F3N6O3. The van der Waals surface area contributed by atoms with Crippen LogP contribution in [0.5, 0.6) is 5.75 Å². The zero-order valence-corrected chi connectivity index (χ0v) is 20.5. The second kappa shape index (κ2) is 10.8. The lowest BCUT2D eigenvalue weighted by Gasteiger charge is -2.23. The first-order valence-corrected chi connectivity index (χ1v) is 12.5. The Morgan fingerprint density at radius 3 is 2.71 bits per heavy atom. The lowest BCUT2D eigenvalue weighted by molar-refractivity contribution is -0.153. The van der Waals surface area contributed by atoms with Crippen LogP contribution >= 0.6 is 0 Å². The summed E-state index contributed by atoms with van der Waals surface area (Å²) in [5.74, 6) is 0.396. The molecule has 0 radical (unpaired) electrons. The average molecular weight is 529 g/mol. The number of carbonyl (C=O) groups is 2. The monoisotopic (exact) mass is 528 g/mol. The van der Waals surface area contributed by atoms with Crippen molar-refractivity contribution in [3.63, 3.8) is 0 Å². The zero-order chi connectivity index (χ0) is 26.7. The van der Waals surface area contributed by atoms with E-state index in [2.05, 4.69) is 20.6 Å². The van der Waals surface area contributed by atoms with Crippen LogP contribution in [0, 0.1) is 5.92 Å². The summed E-state index contributed by atoms with van der Waals surface area (Å²) in [4.78, 5) is 33.8.